The molecule has 1 amide bonds. The largest absolute Gasteiger partial charge is 0.358 e. The minimum atomic E-state index is -3.68. The highest BCUT2D eigenvalue weighted by Gasteiger charge is 2.12. The minimum Gasteiger partial charge on any atom is -0.358 e. The average Bonchev–Trinajstić information content (AvgIpc) is 2.90. The third-order valence-corrected chi connectivity index (χ3v) is 5.28. The van der Waals surface area contributed by atoms with E-state index >= 15 is 0 Å². The van der Waals surface area contributed by atoms with Crippen molar-refractivity contribution >= 4 is 26.8 Å². The summed E-state index contributed by atoms with van der Waals surface area (Å²) in [4.78, 5) is 15.6. The second kappa shape index (κ2) is 7.31. The number of hydrogen-bond donors (Lipinski definition) is 3. The second-order valence-electron chi connectivity index (χ2n) is 6.24. The Morgan fingerprint density at radius 1 is 1.12 bits per heavy atom. The Morgan fingerprint density at radius 3 is 2.50 bits per heavy atom. The first-order valence-electron chi connectivity index (χ1n) is 8.29. The molecule has 0 saturated heterocycles. The van der Waals surface area contributed by atoms with E-state index in [0.29, 0.717) is 19.4 Å². The smallest absolute Gasteiger partial charge is 0.238 e. The molecule has 2 aromatic carbocycles. The number of benzene rings is 2. The molecule has 1 aromatic heterocycles. The summed E-state index contributed by atoms with van der Waals surface area (Å²) in [5, 5.41) is 9.05. The zero-order valence-corrected chi connectivity index (χ0v) is 15.3. The number of aromatic nitrogens is 1. The molecule has 136 valence electrons. The van der Waals surface area contributed by atoms with Crippen LogP contribution in [0.4, 0.5) is 0 Å². The predicted molar refractivity (Wildman–Crippen MR) is 101 cm³/mol. The quantitative estimate of drug-likeness (QED) is 0.617. The summed E-state index contributed by atoms with van der Waals surface area (Å²) < 4.78 is 22.5. The van der Waals surface area contributed by atoms with Crippen LogP contribution in [0.1, 0.15) is 16.8 Å². The Morgan fingerprint density at radius 2 is 1.81 bits per heavy atom. The highest BCUT2D eigenvalue weighted by Crippen LogP contribution is 2.22. The molecule has 0 unspecified atom stereocenters. The number of nitrogens with two attached hydrogens (primary N) is 1. The van der Waals surface area contributed by atoms with E-state index in [1.54, 1.807) is 12.1 Å². The number of H-pyrrole nitrogens is 1. The van der Waals surface area contributed by atoms with Gasteiger partial charge in [0.2, 0.25) is 15.9 Å². The lowest BCUT2D eigenvalue weighted by molar-refractivity contribution is -0.120. The third kappa shape index (κ3) is 4.12. The summed E-state index contributed by atoms with van der Waals surface area (Å²) in [6.45, 7) is 2.45. The summed E-state index contributed by atoms with van der Waals surface area (Å²) in [5.41, 5.74) is 3.97. The summed E-state index contributed by atoms with van der Waals surface area (Å²) >= 11 is 0. The van der Waals surface area contributed by atoms with Gasteiger partial charge in [0, 0.05) is 23.1 Å². The molecular formula is C19H21N3O3S. The number of nitrogens with one attached hydrogen (secondary N) is 2. The van der Waals surface area contributed by atoms with Crippen molar-refractivity contribution in [3.8, 4) is 0 Å². The van der Waals surface area contributed by atoms with Gasteiger partial charge in [-0.15, -0.1) is 0 Å². The Bertz CT molecular complexity index is 1040. The van der Waals surface area contributed by atoms with E-state index < -0.39 is 10.0 Å². The maximum atomic E-state index is 12.3. The molecule has 0 bridgehead atoms. The number of aryl methyl sites for hydroxylation is 1. The van der Waals surface area contributed by atoms with Crippen molar-refractivity contribution in [2.45, 2.75) is 24.7 Å². The van der Waals surface area contributed by atoms with Crippen molar-refractivity contribution in [3.63, 3.8) is 0 Å². The number of aromatic amines is 1. The van der Waals surface area contributed by atoms with Crippen LogP contribution in [0.15, 0.2) is 53.4 Å². The fourth-order valence-electron chi connectivity index (χ4n) is 2.98. The first-order chi connectivity index (χ1) is 12.3. The molecule has 0 saturated carbocycles. The topological polar surface area (TPSA) is 105 Å². The van der Waals surface area contributed by atoms with Crippen LogP contribution in [-0.4, -0.2) is 25.9 Å². The lowest BCUT2D eigenvalue weighted by Gasteiger charge is -2.07. The molecule has 0 aliphatic heterocycles. The van der Waals surface area contributed by atoms with Gasteiger partial charge in [-0.1, -0.05) is 30.3 Å². The monoisotopic (exact) mass is 371 g/mol. The number of sulfonamides is 1. The molecule has 0 aliphatic rings. The summed E-state index contributed by atoms with van der Waals surface area (Å²) in [6.07, 6.45) is 0.934. The van der Waals surface area contributed by atoms with E-state index in [1.807, 2.05) is 31.2 Å². The zero-order chi connectivity index (χ0) is 18.7. The maximum Gasteiger partial charge on any atom is 0.238 e. The van der Waals surface area contributed by atoms with Crippen LogP contribution in [0.3, 0.4) is 0 Å². The van der Waals surface area contributed by atoms with Gasteiger partial charge in [-0.25, -0.2) is 13.6 Å². The summed E-state index contributed by atoms with van der Waals surface area (Å²) in [6, 6.07) is 14.3. The van der Waals surface area contributed by atoms with Crippen LogP contribution in [0.25, 0.3) is 10.9 Å². The zero-order valence-electron chi connectivity index (χ0n) is 14.5. The molecule has 7 heteroatoms. The molecule has 4 N–H and O–H groups in total. The minimum absolute atomic E-state index is 0.0426. The van der Waals surface area contributed by atoms with Crippen LogP contribution in [0.5, 0.6) is 0 Å². The summed E-state index contributed by atoms with van der Waals surface area (Å²) in [7, 11) is -3.68. The molecule has 0 spiro atoms. The number of fused-ring (bicyclic) bond motifs is 1. The van der Waals surface area contributed by atoms with E-state index in [0.717, 1.165) is 27.7 Å². The number of carbonyl (C=O) groups excluding carboxylic acids is 1. The van der Waals surface area contributed by atoms with Gasteiger partial charge in [0.1, 0.15) is 0 Å². The van der Waals surface area contributed by atoms with E-state index in [-0.39, 0.29) is 10.8 Å². The third-order valence-electron chi connectivity index (χ3n) is 4.35. The maximum absolute atomic E-state index is 12.3. The Hall–Kier alpha value is -2.64. The molecule has 0 fully saturated rings. The average molecular weight is 371 g/mol. The lowest BCUT2D eigenvalue weighted by Crippen LogP contribution is -2.27. The van der Waals surface area contributed by atoms with E-state index in [2.05, 4.69) is 10.3 Å². The summed E-state index contributed by atoms with van der Waals surface area (Å²) in [5.74, 6) is -0.0426. The standard InChI is InChI=1S/C19H21N3O3S/c1-13-17(16-4-2-3-5-18(16)22-13)12-19(23)21-11-10-14-6-8-15(9-7-14)26(20,24)25/h2-9,22H,10-12H2,1H3,(H,21,23)(H2,20,24,25). The van der Waals surface area contributed by atoms with Crippen molar-refractivity contribution in [3.05, 3.63) is 65.4 Å². The van der Waals surface area contributed by atoms with Gasteiger partial charge < -0.3 is 10.3 Å². The molecule has 1 heterocycles. The van der Waals surface area contributed by atoms with Gasteiger partial charge in [-0.3, -0.25) is 4.79 Å². The van der Waals surface area contributed by atoms with Crippen LogP contribution in [0, 0.1) is 6.92 Å². The van der Waals surface area contributed by atoms with Crippen molar-refractivity contribution < 1.29 is 13.2 Å². The van der Waals surface area contributed by atoms with Crippen molar-refractivity contribution in [2.24, 2.45) is 5.14 Å². The van der Waals surface area contributed by atoms with Crippen LogP contribution >= 0.6 is 0 Å². The normalized spacial score (nSPS) is 11.6. The first-order valence-corrected chi connectivity index (χ1v) is 9.84. The van der Waals surface area contributed by atoms with Crippen molar-refractivity contribution in [2.75, 3.05) is 6.54 Å². The SMILES string of the molecule is Cc1[nH]c2ccccc2c1CC(=O)NCCc1ccc(S(N)(=O)=O)cc1. The molecule has 6 nitrogen and oxygen atoms in total. The number of para-hydroxylation sites is 1. The number of hydrogen-bond acceptors (Lipinski definition) is 3. The molecule has 3 aromatic rings. The van der Waals surface area contributed by atoms with E-state index in [1.165, 1.54) is 12.1 Å². The van der Waals surface area contributed by atoms with Crippen LogP contribution in [0.2, 0.25) is 0 Å². The van der Waals surface area contributed by atoms with E-state index in [9.17, 15) is 13.2 Å². The van der Waals surface area contributed by atoms with Gasteiger partial charge in [0.05, 0.1) is 11.3 Å². The fraction of sp³-hybridized carbons (Fsp3) is 0.211. The number of amides is 1. The Kier molecular flexibility index (Phi) is 5.11. The van der Waals surface area contributed by atoms with Gasteiger partial charge in [0.25, 0.3) is 0 Å². The number of primary sulfonamides is 1. The van der Waals surface area contributed by atoms with Gasteiger partial charge >= 0.3 is 0 Å². The van der Waals surface area contributed by atoms with Gasteiger partial charge in [0.15, 0.2) is 0 Å². The molecular weight excluding hydrogens is 350 g/mol. The highest BCUT2D eigenvalue weighted by molar-refractivity contribution is 7.89. The van der Waals surface area contributed by atoms with Crippen molar-refractivity contribution in [1.29, 1.82) is 0 Å². The molecule has 0 radical (unpaired) electrons. The van der Waals surface area contributed by atoms with Crippen LogP contribution < -0.4 is 10.5 Å². The first kappa shape index (κ1) is 18.2. The van der Waals surface area contributed by atoms with Gasteiger partial charge in [-0.05, 0) is 42.7 Å². The lowest BCUT2D eigenvalue weighted by atomic mass is 10.1. The van der Waals surface area contributed by atoms with Crippen molar-refractivity contribution in [1.82, 2.24) is 10.3 Å². The van der Waals surface area contributed by atoms with Crippen LogP contribution in [-0.2, 0) is 27.7 Å². The molecule has 26 heavy (non-hydrogen) atoms. The Balaban J connectivity index is 1.57. The highest BCUT2D eigenvalue weighted by atomic mass is 32.2. The van der Waals surface area contributed by atoms with Gasteiger partial charge in [-0.2, -0.15) is 0 Å². The second-order valence-corrected chi connectivity index (χ2v) is 7.80. The van der Waals surface area contributed by atoms with E-state index in [4.69, 9.17) is 5.14 Å². The predicted octanol–water partition coefficient (Wildman–Crippen LogP) is 2.03. The fourth-order valence-corrected chi connectivity index (χ4v) is 3.49. The Labute approximate surface area is 152 Å². The number of rotatable bonds is 6. The molecule has 3 rings (SSSR count). The molecule has 0 aliphatic carbocycles. The molecule has 0 atom stereocenters. The number of carbonyl (C=O) groups is 1.